The number of nitrogens with zero attached hydrogens (tertiary/aromatic N) is 1. The van der Waals surface area contributed by atoms with Gasteiger partial charge in [0.2, 0.25) is 5.91 Å². The van der Waals surface area contributed by atoms with Crippen LogP contribution in [0.5, 0.6) is 0 Å². The standard InChI is InChI=1S/C17H35N3O/c1-5-20-11-9-14(13-20)12-19-16(21)7-6-15(8-10-18)17(2,3)4/h14-15H,5-13,18H2,1-4H3,(H,19,21). The molecule has 1 aliphatic heterocycles. The van der Waals surface area contributed by atoms with Gasteiger partial charge < -0.3 is 16.0 Å². The van der Waals surface area contributed by atoms with E-state index in [9.17, 15) is 4.79 Å². The number of nitrogens with one attached hydrogen (secondary N) is 1. The van der Waals surface area contributed by atoms with Gasteiger partial charge in [-0.05, 0) is 56.1 Å². The molecule has 1 heterocycles. The zero-order valence-corrected chi connectivity index (χ0v) is 14.5. The molecule has 0 aliphatic carbocycles. The summed E-state index contributed by atoms with van der Waals surface area (Å²) in [5.41, 5.74) is 5.92. The number of amides is 1. The first-order valence-corrected chi connectivity index (χ1v) is 8.56. The van der Waals surface area contributed by atoms with Gasteiger partial charge in [-0.25, -0.2) is 0 Å². The van der Waals surface area contributed by atoms with Crippen LogP contribution >= 0.6 is 0 Å². The maximum absolute atomic E-state index is 12.0. The number of nitrogens with two attached hydrogens (primary N) is 1. The fourth-order valence-corrected chi connectivity index (χ4v) is 3.23. The molecule has 1 fully saturated rings. The quantitative estimate of drug-likeness (QED) is 0.722. The van der Waals surface area contributed by atoms with Gasteiger partial charge in [-0.15, -0.1) is 0 Å². The molecule has 124 valence electrons. The van der Waals surface area contributed by atoms with Gasteiger partial charge in [-0.1, -0.05) is 27.7 Å². The van der Waals surface area contributed by atoms with E-state index >= 15 is 0 Å². The van der Waals surface area contributed by atoms with E-state index in [4.69, 9.17) is 5.73 Å². The normalized spacial score (nSPS) is 21.5. The van der Waals surface area contributed by atoms with Crippen LogP contribution in [0.15, 0.2) is 0 Å². The second-order valence-corrected chi connectivity index (χ2v) is 7.53. The Morgan fingerprint density at radius 2 is 2.10 bits per heavy atom. The van der Waals surface area contributed by atoms with E-state index in [0.717, 1.165) is 32.5 Å². The van der Waals surface area contributed by atoms with Crippen molar-refractivity contribution in [3.63, 3.8) is 0 Å². The first-order valence-electron chi connectivity index (χ1n) is 8.56. The van der Waals surface area contributed by atoms with Crippen molar-refractivity contribution in [2.45, 2.75) is 53.4 Å². The van der Waals surface area contributed by atoms with Crippen LogP contribution < -0.4 is 11.1 Å². The summed E-state index contributed by atoms with van der Waals surface area (Å²) in [7, 11) is 0. The van der Waals surface area contributed by atoms with Gasteiger partial charge >= 0.3 is 0 Å². The van der Waals surface area contributed by atoms with Gasteiger partial charge in [0, 0.05) is 19.5 Å². The molecule has 3 N–H and O–H groups in total. The van der Waals surface area contributed by atoms with Crippen molar-refractivity contribution in [1.29, 1.82) is 0 Å². The minimum Gasteiger partial charge on any atom is -0.356 e. The minimum absolute atomic E-state index is 0.205. The fourth-order valence-electron chi connectivity index (χ4n) is 3.23. The summed E-state index contributed by atoms with van der Waals surface area (Å²) in [6.45, 7) is 13.9. The fraction of sp³-hybridized carbons (Fsp3) is 0.941. The monoisotopic (exact) mass is 297 g/mol. The highest BCUT2D eigenvalue weighted by Crippen LogP contribution is 2.32. The highest BCUT2D eigenvalue weighted by atomic mass is 16.1. The van der Waals surface area contributed by atoms with Crippen LogP contribution in [-0.4, -0.2) is 43.5 Å². The third kappa shape index (κ3) is 6.79. The molecule has 0 saturated carbocycles. The van der Waals surface area contributed by atoms with E-state index in [1.807, 2.05) is 0 Å². The van der Waals surface area contributed by atoms with Crippen LogP contribution in [-0.2, 0) is 4.79 Å². The molecular formula is C17H35N3O. The summed E-state index contributed by atoms with van der Waals surface area (Å²) in [6, 6.07) is 0. The molecule has 2 unspecified atom stereocenters. The topological polar surface area (TPSA) is 58.4 Å². The molecule has 1 rings (SSSR count). The van der Waals surface area contributed by atoms with Crippen LogP contribution in [0.4, 0.5) is 0 Å². The van der Waals surface area contributed by atoms with Crippen molar-refractivity contribution in [2.75, 3.05) is 32.7 Å². The molecule has 4 heteroatoms. The Bertz CT molecular complexity index is 312. The molecule has 1 amide bonds. The predicted molar refractivity (Wildman–Crippen MR) is 89.1 cm³/mol. The third-order valence-corrected chi connectivity index (χ3v) is 4.86. The molecule has 0 radical (unpaired) electrons. The molecule has 4 nitrogen and oxygen atoms in total. The summed E-state index contributed by atoms with van der Waals surface area (Å²) in [6.07, 6.45) is 3.79. The maximum Gasteiger partial charge on any atom is 0.220 e. The van der Waals surface area contributed by atoms with Crippen LogP contribution in [0.1, 0.15) is 53.4 Å². The van der Waals surface area contributed by atoms with E-state index in [2.05, 4.69) is 37.9 Å². The molecule has 2 atom stereocenters. The zero-order valence-electron chi connectivity index (χ0n) is 14.5. The second-order valence-electron chi connectivity index (χ2n) is 7.53. The maximum atomic E-state index is 12.0. The summed E-state index contributed by atoms with van der Waals surface area (Å²) in [4.78, 5) is 14.5. The first kappa shape index (κ1) is 18.4. The average molecular weight is 297 g/mol. The van der Waals surface area contributed by atoms with E-state index in [1.165, 1.54) is 13.0 Å². The van der Waals surface area contributed by atoms with E-state index in [-0.39, 0.29) is 11.3 Å². The Hall–Kier alpha value is -0.610. The molecule has 0 aromatic carbocycles. The Morgan fingerprint density at radius 1 is 1.38 bits per heavy atom. The van der Waals surface area contributed by atoms with Crippen LogP contribution in [0.3, 0.4) is 0 Å². The van der Waals surface area contributed by atoms with Crippen molar-refractivity contribution in [3.8, 4) is 0 Å². The van der Waals surface area contributed by atoms with Gasteiger partial charge in [0.1, 0.15) is 0 Å². The third-order valence-electron chi connectivity index (χ3n) is 4.86. The van der Waals surface area contributed by atoms with Gasteiger partial charge in [0.05, 0.1) is 0 Å². The SMILES string of the molecule is CCN1CCC(CNC(=O)CCC(CCN)C(C)(C)C)C1. The number of carbonyl (C=O) groups is 1. The number of carbonyl (C=O) groups excluding carboxylic acids is 1. The summed E-state index contributed by atoms with van der Waals surface area (Å²) in [5.74, 6) is 1.36. The van der Waals surface area contributed by atoms with Gasteiger partial charge in [-0.3, -0.25) is 4.79 Å². The van der Waals surface area contributed by atoms with Crippen molar-refractivity contribution in [2.24, 2.45) is 23.0 Å². The van der Waals surface area contributed by atoms with Crippen molar-refractivity contribution in [1.82, 2.24) is 10.2 Å². The lowest BCUT2D eigenvalue weighted by Gasteiger charge is -2.30. The van der Waals surface area contributed by atoms with Gasteiger partial charge in [0.15, 0.2) is 0 Å². The highest BCUT2D eigenvalue weighted by Gasteiger charge is 2.25. The molecule has 0 bridgehead atoms. The molecule has 21 heavy (non-hydrogen) atoms. The average Bonchev–Trinajstić information content (AvgIpc) is 2.87. The van der Waals surface area contributed by atoms with Gasteiger partial charge in [-0.2, -0.15) is 0 Å². The van der Waals surface area contributed by atoms with E-state index in [1.54, 1.807) is 0 Å². The van der Waals surface area contributed by atoms with E-state index < -0.39 is 0 Å². The molecular weight excluding hydrogens is 262 g/mol. The molecule has 0 aromatic rings. The number of rotatable bonds is 8. The van der Waals surface area contributed by atoms with Crippen LogP contribution in [0.25, 0.3) is 0 Å². The summed E-state index contributed by atoms with van der Waals surface area (Å²) >= 11 is 0. The van der Waals surface area contributed by atoms with Crippen molar-refractivity contribution >= 4 is 5.91 Å². The van der Waals surface area contributed by atoms with Gasteiger partial charge in [0.25, 0.3) is 0 Å². The largest absolute Gasteiger partial charge is 0.356 e. The highest BCUT2D eigenvalue weighted by molar-refractivity contribution is 5.75. The Labute approximate surface area is 130 Å². The van der Waals surface area contributed by atoms with Crippen molar-refractivity contribution < 1.29 is 4.79 Å². The molecule has 0 spiro atoms. The number of hydrogen-bond donors (Lipinski definition) is 2. The number of likely N-dealkylation sites (tertiary alicyclic amines) is 1. The summed E-state index contributed by atoms with van der Waals surface area (Å²) in [5, 5.41) is 3.12. The predicted octanol–water partition coefficient (Wildman–Crippen LogP) is 2.24. The van der Waals surface area contributed by atoms with E-state index in [0.29, 0.717) is 24.8 Å². The molecule has 0 aromatic heterocycles. The lowest BCUT2D eigenvalue weighted by Crippen LogP contribution is -2.32. The Morgan fingerprint density at radius 3 is 2.62 bits per heavy atom. The molecule has 1 aliphatic rings. The number of hydrogen-bond acceptors (Lipinski definition) is 3. The Balaban J connectivity index is 2.24. The minimum atomic E-state index is 0.205. The first-order chi connectivity index (χ1) is 9.86. The van der Waals surface area contributed by atoms with Crippen LogP contribution in [0.2, 0.25) is 0 Å². The Kier molecular flexibility index (Phi) is 7.67. The van der Waals surface area contributed by atoms with Crippen LogP contribution in [0, 0.1) is 17.3 Å². The van der Waals surface area contributed by atoms with Crippen molar-refractivity contribution in [3.05, 3.63) is 0 Å². The lowest BCUT2D eigenvalue weighted by atomic mass is 9.76. The smallest absolute Gasteiger partial charge is 0.220 e. The second kappa shape index (κ2) is 8.74. The summed E-state index contributed by atoms with van der Waals surface area (Å²) < 4.78 is 0. The zero-order chi connectivity index (χ0) is 15.9. The lowest BCUT2D eigenvalue weighted by molar-refractivity contribution is -0.121. The molecule has 1 saturated heterocycles.